The molecule has 0 fully saturated rings. The minimum absolute atomic E-state index is 0.148. The molecule has 0 bridgehead atoms. The first-order valence-corrected chi connectivity index (χ1v) is 7.33. The van der Waals surface area contributed by atoms with Gasteiger partial charge >= 0.3 is 0 Å². The molecule has 2 aromatic rings. The standard InChI is InChI=1S/C17H19N3OS/c1-12-8-15(21-11-14-6-4-3-5-7-14)9-13(2)16(12)10-19-20-17(18)22/h3-10H,11H2,1-2H3,(H3,18,20,22). The molecule has 3 N–H and O–H groups in total. The van der Waals surface area contributed by atoms with Gasteiger partial charge in [-0.05, 0) is 54.9 Å². The lowest BCUT2D eigenvalue weighted by Gasteiger charge is -2.11. The highest BCUT2D eigenvalue weighted by molar-refractivity contribution is 7.80. The van der Waals surface area contributed by atoms with Gasteiger partial charge in [0.15, 0.2) is 5.11 Å². The lowest BCUT2D eigenvalue weighted by molar-refractivity contribution is 0.306. The molecule has 0 aliphatic carbocycles. The van der Waals surface area contributed by atoms with Gasteiger partial charge in [0.25, 0.3) is 0 Å². The number of benzene rings is 2. The molecule has 5 heteroatoms. The Labute approximate surface area is 136 Å². The second kappa shape index (κ2) is 7.56. The van der Waals surface area contributed by atoms with Gasteiger partial charge in [-0.15, -0.1) is 0 Å². The summed E-state index contributed by atoms with van der Waals surface area (Å²) in [6, 6.07) is 14.1. The predicted molar refractivity (Wildman–Crippen MR) is 94.2 cm³/mol. The zero-order valence-corrected chi connectivity index (χ0v) is 13.5. The van der Waals surface area contributed by atoms with Gasteiger partial charge in [-0.25, -0.2) is 0 Å². The Morgan fingerprint density at radius 3 is 2.45 bits per heavy atom. The van der Waals surface area contributed by atoms with E-state index in [4.69, 9.17) is 22.7 Å². The Morgan fingerprint density at radius 1 is 1.23 bits per heavy atom. The Balaban J connectivity index is 2.09. The minimum Gasteiger partial charge on any atom is -0.489 e. The molecule has 0 atom stereocenters. The Kier molecular flexibility index (Phi) is 5.49. The highest BCUT2D eigenvalue weighted by Crippen LogP contribution is 2.21. The smallest absolute Gasteiger partial charge is 0.184 e. The first-order valence-electron chi connectivity index (χ1n) is 6.93. The molecule has 0 amide bonds. The normalized spacial score (nSPS) is 10.6. The third kappa shape index (κ3) is 4.56. The van der Waals surface area contributed by atoms with Crippen molar-refractivity contribution in [3.63, 3.8) is 0 Å². The summed E-state index contributed by atoms with van der Waals surface area (Å²) < 4.78 is 5.85. The quantitative estimate of drug-likeness (QED) is 0.506. The van der Waals surface area contributed by atoms with Crippen LogP contribution in [-0.4, -0.2) is 11.3 Å². The summed E-state index contributed by atoms with van der Waals surface area (Å²) in [6.45, 7) is 4.59. The molecular formula is C17H19N3OS. The van der Waals surface area contributed by atoms with Crippen molar-refractivity contribution in [2.24, 2.45) is 10.8 Å². The highest BCUT2D eigenvalue weighted by Gasteiger charge is 2.04. The van der Waals surface area contributed by atoms with Gasteiger partial charge in [0.2, 0.25) is 0 Å². The van der Waals surface area contributed by atoms with Crippen LogP contribution in [-0.2, 0) is 6.61 Å². The van der Waals surface area contributed by atoms with E-state index in [1.54, 1.807) is 6.21 Å². The van der Waals surface area contributed by atoms with Crippen LogP contribution in [0.4, 0.5) is 0 Å². The van der Waals surface area contributed by atoms with E-state index >= 15 is 0 Å². The second-order valence-electron chi connectivity index (χ2n) is 4.98. The van der Waals surface area contributed by atoms with Crippen LogP contribution < -0.4 is 15.9 Å². The van der Waals surface area contributed by atoms with Crippen LogP contribution in [0, 0.1) is 13.8 Å². The fourth-order valence-electron chi connectivity index (χ4n) is 2.12. The molecule has 4 nitrogen and oxygen atoms in total. The van der Waals surface area contributed by atoms with Crippen LogP contribution in [0.2, 0.25) is 0 Å². The van der Waals surface area contributed by atoms with E-state index in [0.717, 1.165) is 28.0 Å². The number of hydrogen-bond donors (Lipinski definition) is 2. The van der Waals surface area contributed by atoms with Crippen molar-refractivity contribution < 1.29 is 4.74 Å². The number of hydrazone groups is 1. The van der Waals surface area contributed by atoms with Gasteiger partial charge in [-0.2, -0.15) is 5.10 Å². The summed E-state index contributed by atoms with van der Waals surface area (Å²) in [6.07, 6.45) is 1.71. The number of nitrogens with zero attached hydrogens (tertiary/aromatic N) is 1. The molecule has 0 saturated heterocycles. The Hall–Kier alpha value is -2.40. The van der Waals surface area contributed by atoms with Crippen LogP contribution in [0.15, 0.2) is 47.6 Å². The monoisotopic (exact) mass is 313 g/mol. The average Bonchev–Trinajstić information content (AvgIpc) is 2.49. The minimum atomic E-state index is 0.148. The molecule has 22 heavy (non-hydrogen) atoms. The molecule has 2 aromatic carbocycles. The van der Waals surface area contributed by atoms with Gasteiger partial charge in [0.1, 0.15) is 12.4 Å². The van der Waals surface area contributed by atoms with Crippen LogP contribution in [0.5, 0.6) is 5.75 Å². The van der Waals surface area contributed by atoms with E-state index in [9.17, 15) is 0 Å². The van der Waals surface area contributed by atoms with Crippen LogP contribution in [0.3, 0.4) is 0 Å². The molecule has 2 rings (SSSR count). The molecule has 0 saturated carbocycles. The van der Waals surface area contributed by atoms with Crippen molar-refractivity contribution in [3.8, 4) is 5.75 Å². The molecule has 0 aromatic heterocycles. The van der Waals surface area contributed by atoms with Gasteiger partial charge in [0, 0.05) is 5.56 Å². The molecule has 0 heterocycles. The van der Waals surface area contributed by atoms with Crippen LogP contribution >= 0.6 is 12.2 Å². The first kappa shape index (κ1) is 16.0. The van der Waals surface area contributed by atoms with E-state index in [2.05, 4.69) is 10.5 Å². The number of nitrogens with two attached hydrogens (primary N) is 1. The maximum atomic E-state index is 5.85. The third-order valence-corrected chi connectivity index (χ3v) is 3.28. The number of rotatable bonds is 5. The molecule has 114 valence electrons. The zero-order chi connectivity index (χ0) is 15.9. The number of thiocarbonyl (C=S) groups is 1. The number of nitrogens with one attached hydrogen (secondary N) is 1. The van der Waals surface area contributed by atoms with Gasteiger partial charge in [0.05, 0.1) is 6.21 Å². The summed E-state index contributed by atoms with van der Waals surface area (Å²) >= 11 is 4.71. The second-order valence-corrected chi connectivity index (χ2v) is 5.42. The van der Waals surface area contributed by atoms with Crippen molar-refractivity contribution in [3.05, 3.63) is 64.7 Å². The topological polar surface area (TPSA) is 59.6 Å². The Bertz CT molecular complexity index is 661. The van der Waals surface area contributed by atoms with Crippen molar-refractivity contribution in [2.75, 3.05) is 0 Å². The maximum absolute atomic E-state index is 5.85. The van der Waals surface area contributed by atoms with E-state index in [1.807, 2.05) is 56.3 Å². The lowest BCUT2D eigenvalue weighted by Crippen LogP contribution is -2.24. The number of hydrogen-bond acceptors (Lipinski definition) is 3. The fourth-order valence-corrected chi connectivity index (χ4v) is 2.18. The third-order valence-electron chi connectivity index (χ3n) is 3.18. The number of aryl methyl sites for hydroxylation is 2. The number of ether oxygens (including phenoxy) is 1. The van der Waals surface area contributed by atoms with E-state index in [1.165, 1.54) is 0 Å². The molecule has 0 radical (unpaired) electrons. The first-order chi connectivity index (χ1) is 10.6. The largest absolute Gasteiger partial charge is 0.489 e. The lowest BCUT2D eigenvalue weighted by atomic mass is 10.0. The fraction of sp³-hybridized carbons (Fsp3) is 0.176. The van der Waals surface area contributed by atoms with E-state index in [0.29, 0.717) is 6.61 Å². The summed E-state index contributed by atoms with van der Waals surface area (Å²) in [7, 11) is 0. The average molecular weight is 313 g/mol. The van der Waals surface area contributed by atoms with Crippen molar-refractivity contribution in [1.82, 2.24) is 5.43 Å². The summed E-state index contributed by atoms with van der Waals surface area (Å²) in [4.78, 5) is 0. The molecule has 0 spiro atoms. The van der Waals surface area contributed by atoms with Crippen molar-refractivity contribution >= 4 is 23.5 Å². The molecular weight excluding hydrogens is 294 g/mol. The van der Waals surface area contributed by atoms with Crippen LogP contribution in [0.1, 0.15) is 22.3 Å². The summed E-state index contributed by atoms with van der Waals surface area (Å²) in [5.41, 5.74) is 12.2. The van der Waals surface area contributed by atoms with Gasteiger partial charge < -0.3 is 10.5 Å². The SMILES string of the molecule is Cc1cc(OCc2ccccc2)cc(C)c1C=NNC(N)=S. The summed E-state index contributed by atoms with van der Waals surface area (Å²) in [5.74, 6) is 0.846. The van der Waals surface area contributed by atoms with E-state index in [-0.39, 0.29) is 5.11 Å². The zero-order valence-electron chi connectivity index (χ0n) is 12.7. The maximum Gasteiger partial charge on any atom is 0.184 e. The van der Waals surface area contributed by atoms with Crippen molar-refractivity contribution in [2.45, 2.75) is 20.5 Å². The van der Waals surface area contributed by atoms with Crippen molar-refractivity contribution in [1.29, 1.82) is 0 Å². The molecule has 0 aliphatic heterocycles. The predicted octanol–water partition coefficient (Wildman–Crippen LogP) is 3.05. The van der Waals surface area contributed by atoms with Gasteiger partial charge in [-0.1, -0.05) is 30.3 Å². The van der Waals surface area contributed by atoms with Crippen LogP contribution in [0.25, 0.3) is 0 Å². The summed E-state index contributed by atoms with van der Waals surface area (Å²) in [5, 5.41) is 4.15. The molecule has 0 aliphatic rings. The Morgan fingerprint density at radius 2 is 1.86 bits per heavy atom. The highest BCUT2D eigenvalue weighted by atomic mass is 32.1. The molecule has 0 unspecified atom stereocenters. The van der Waals surface area contributed by atoms with Gasteiger partial charge in [-0.3, -0.25) is 5.43 Å². The van der Waals surface area contributed by atoms with E-state index < -0.39 is 0 Å².